The number of hydrogen-bond acceptors (Lipinski definition) is 6. The van der Waals surface area contributed by atoms with E-state index in [2.05, 4.69) is 0 Å². The molecule has 2 atom stereocenters. The summed E-state index contributed by atoms with van der Waals surface area (Å²) < 4.78 is 5.64. The minimum atomic E-state index is -1.23. The first-order valence-electron chi connectivity index (χ1n) is 9.36. The van der Waals surface area contributed by atoms with Crippen LogP contribution in [0.25, 0.3) is 6.08 Å². The topological polar surface area (TPSA) is 104 Å². The van der Waals surface area contributed by atoms with Gasteiger partial charge in [0.15, 0.2) is 12.1 Å². The Bertz CT molecular complexity index is 1050. The number of carbonyl (C=O) groups excluding carboxylic acids is 1. The summed E-state index contributed by atoms with van der Waals surface area (Å²) in [5.74, 6) is -2.39. The van der Waals surface area contributed by atoms with Crippen LogP contribution in [0, 0.1) is 0 Å². The summed E-state index contributed by atoms with van der Waals surface area (Å²) in [4.78, 5) is 37.5. The number of amides is 1. The molecule has 2 aromatic carbocycles. The van der Waals surface area contributed by atoms with E-state index in [0.29, 0.717) is 23.3 Å². The van der Waals surface area contributed by atoms with E-state index in [0.717, 1.165) is 16.7 Å². The van der Waals surface area contributed by atoms with Crippen molar-refractivity contribution in [1.82, 2.24) is 4.90 Å². The van der Waals surface area contributed by atoms with Gasteiger partial charge in [-0.25, -0.2) is 9.59 Å². The number of carboxylic acids is 2. The minimum Gasteiger partial charge on any atom is -0.479 e. The average Bonchev–Trinajstić information content (AvgIpc) is 3.00. The van der Waals surface area contributed by atoms with Gasteiger partial charge < -0.3 is 14.9 Å². The van der Waals surface area contributed by atoms with Gasteiger partial charge in [0.25, 0.3) is 5.91 Å². The van der Waals surface area contributed by atoms with Gasteiger partial charge in [0.05, 0.1) is 4.91 Å². The Morgan fingerprint density at radius 1 is 1.13 bits per heavy atom. The van der Waals surface area contributed by atoms with Crippen molar-refractivity contribution in [2.75, 3.05) is 0 Å². The van der Waals surface area contributed by atoms with E-state index in [9.17, 15) is 19.5 Å². The molecule has 0 aromatic heterocycles. The summed E-state index contributed by atoms with van der Waals surface area (Å²) in [5.41, 5.74) is 1.05. The summed E-state index contributed by atoms with van der Waals surface area (Å²) in [6, 6.07) is 13.9. The van der Waals surface area contributed by atoms with Crippen molar-refractivity contribution >= 4 is 52.2 Å². The summed E-state index contributed by atoms with van der Waals surface area (Å²) in [5, 5.41) is 18.9. The Morgan fingerprint density at radius 3 is 2.45 bits per heavy atom. The zero-order valence-corrected chi connectivity index (χ0v) is 18.1. The van der Waals surface area contributed by atoms with Crippen LogP contribution in [-0.2, 0) is 14.4 Å². The maximum absolute atomic E-state index is 13.0. The molecule has 31 heavy (non-hydrogen) atoms. The molecule has 0 aliphatic carbocycles. The molecule has 9 heteroatoms. The standard InChI is InChI=1S/C22H19NO6S2/c1-2-16(20(25)26)29-15-10-6-7-13(11-15)12-17-19(24)23(22(30)31-17)18(21(27)28)14-8-4-3-5-9-14/h3-12,16,18H,2H2,1H3,(H,25,26)(H,27,28)/b17-12-. The third-order valence-corrected chi connectivity index (χ3v) is 5.84. The van der Waals surface area contributed by atoms with Crippen molar-refractivity contribution in [1.29, 1.82) is 0 Å². The first kappa shape index (κ1) is 22.5. The van der Waals surface area contributed by atoms with Crippen LogP contribution >= 0.6 is 24.0 Å². The van der Waals surface area contributed by atoms with Gasteiger partial charge in [0.2, 0.25) is 0 Å². The van der Waals surface area contributed by atoms with Crippen molar-refractivity contribution in [2.45, 2.75) is 25.5 Å². The molecule has 0 saturated carbocycles. The predicted octanol–water partition coefficient (Wildman–Crippen LogP) is 3.96. The van der Waals surface area contributed by atoms with Gasteiger partial charge in [0.1, 0.15) is 10.1 Å². The van der Waals surface area contributed by atoms with Gasteiger partial charge in [-0.05, 0) is 35.8 Å². The summed E-state index contributed by atoms with van der Waals surface area (Å²) in [6.07, 6.45) is 0.905. The highest BCUT2D eigenvalue weighted by Crippen LogP contribution is 2.38. The van der Waals surface area contributed by atoms with E-state index in [1.165, 1.54) is 0 Å². The number of benzene rings is 2. The Morgan fingerprint density at radius 2 is 1.84 bits per heavy atom. The molecule has 1 heterocycles. The Kier molecular flexibility index (Phi) is 7.09. The summed E-state index contributed by atoms with van der Waals surface area (Å²) in [7, 11) is 0. The second-order valence-corrected chi connectivity index (χ2v) is 8.30. The van der Waals surface area contributed by atoms with Gasteiger partial charge in [-0.2, -0.15) is 0 Å². The number of rotatable bonds is 8. The maximum Gasteiger partial charge on any atom is 0.344 e. The van der Waals surface area contributed by atoms with Gasteiger partial charge in [-0.15, -0.1) is 0 Å². The zero-order chi connectivity index (χ0) is 22.5. The fraction of sp³-hybridized carbons (Fsp3) is 0.182. The molecule has 0 spiro atoms. The Labute approximate surface area is 188 Å². The molecular weight excluding hydrogens is 438 g/mol. The third-order valence-electron chi connectivity index (χ3n) is 4.51. The lowest BCUT2D eigenvalue weighted by atomic mass is 10.1. The van der Waals surface area contributed by atoms with E-state index >= 15 is 0 Å². The zero-order valence-electron chi connectivity index (χ0n) is 16.4. The van der Waals surface area contributed by atoms with Crippen LogP contribution in [0.2, 0.25) is 0 Å². The van der Waals surface area contributed by atoms with Crippen LogP contribution in [-0.4, -0.2) is 43.4 Å². The smallest absolute Gasteiger partial charge is 0.344 e. The van der Waals surface area contributed by atoms with Gasteiger partial charge in [0, 0.05) is 0 Å². The maximum atomic E-state index is 13.0. The molecule has 0 bridgehead atoms. The van der Waals surface area contributed by atoms with Crippen molar-refractivity contribution < 1.29 is 29.3 Å². The number of carboxylic acid groups (broad SMARTS) is 2. The first-order chi connectivity index (χ1) is 14.8. The number of nitrogens with zero attached hydrogens (tertiary/aromatic N) is 1. The molecule has 0 radical (unpaired) electrons. The highest BCUT2D eigenvalue weighted by molar-refractivity contribution is 8.26. The summed E-state index contributed by atoms with van der Waals surface area (Å²) in [6.45, 7) is 1.71. The molecular formula is C22H19NO6S2. The second-order valence-electron chi connectivity index (χ2n) is 6.63. The number of thioether (sulfide) groups is 1. The van der Waals surface area contributed by atoms with Crippen LogP contribution < -0.4 is 4.74 Å². The molecule has 2 aromatic rings. The first-order valence-corrected chi connectivity index (χ1v) is 10.6. The van der Waals surface area contributed by atoms with Crippen LogP contribution in [0.5, 0.6) is 5.75 Å². The van der Waals surface area contributed by atoms with Gasteiger partial charge in [-0.1, -0.05) is 73.4 Å². The molecule has 1 aliphatic heterocycles. The third kappa shape index (κ3) is 5.12. The van der Waals surface area contributed by atoms with Gasteiger partial charge >= 0.3 is 11.9 Å². The van der Waals surface area contributed by atoms with Gasteiger partial charge in [-0.3, -0.25) is 9.69 Å². The monoisotopic (exact) mass is 457 g/mol. The lowest BCUT2D eigenvalue weighted by molar-refractivity contribution is -0.145. The lowest BCUT2D eigenvalue weighted by Crippen LogP contribution is -2.37. The number of hydrogen-bond donors (Lipinski definition) is 2. The van der Waals surface area contributed by atoms with E-state index in [1.54, 1.807) is 67.6 Å². The molecule has 160 valence electrons. The van der Waals surface area contributed by atoms with E-state index in [-0.39, 0.29) is 9.23 Å². The van der Waals surface area contributed by atoms with E-state index in [1.807, 2.05) is 0 Å². The number of ether oxygens (including phenoxy) is 1. The Hall–Kier alpha value is -3.17. The Balaban J connectivity index is 1.87. The molecule has 1 amide bonds. The average molecular weight is 458 g/mol. The van der Waals surface area contributed by atoms with Crippen molar-refractivity contribution in [2.24, 2.45) is 0 Å². The van der Waals surface area contributed by atoms with Crippen LogP contribution in [0.15, 0.2) is 59.5 Å². The molecule has 1 aliphatic rings. The quantitative estimate of drug-likeness (QED) is 0.454. The van der Waals surface area contributed by atoms with Crippen LogP contribution in [0.3, 0.4) is 0 Å². The molecule has 3 rings (SSSR count). The van der Waals surface area contributed by atoms with Crippen molar-refractivity contribution in [3.8, 4) is 5.75 Å². The number of thiocarbonyl (C=S) groups is 1. The fourth-order valence-electron chi connectivity index (χ4n) is 3.04. The molecule has 7 nitrogen and oxygen atoms in total. The number of aliphatic carboxylic acids is 2. The normalized spacial score (nSPS) is 16.9. The van der Waals surface area contributed by atoms with Crippen molar-refractivity contribution in [3.63, 3.8) is 0 Å². The van der Waals surface area contributed by atoms with Crippen molar-refractivity contribution in [3.05, 3.63) is 70.6 Å². The van der Waals surface area contributed by atoms with Crippen LogP contribution in [0.4, 0.5) is 0 Å². The minimum absolute atomic E-state index is 0.150. The molecule has 1 fully saturated rings. The molecule has 2 unspecified atom stereocenters. The van der Waals surface area contributed by atoms with E-state index < -0.39 is 30.0 Å². The van der Waals surface area contributed by atoms with Crippen LogP contribution in [0.1, 0.15) is 30.5 Å². The molecule has 2 N–H and O–H groups in total. The highest BCUT2D eigenvalue weighted by atomic mass is 32.2. The largest absolute Gasteiger partial charge is 0.479 e. The molecule has 1 saturated heterocycles. The SMILES string of the molecule is CCC(Oc1cccc(/C=C2\SC(=S)N(C(C(=O)O)c3ccccc3)C2=O)c1)C(=O)O. The predicted molar refractivity (Wildman–Crippen MR) is 121 cm³/mol. The fourth-order valence-corrected chi connectivity index (χ4v) is 4.35. The number of carbonyl (C=O) groups is 3. The summed E-state index contributed by atoms with van der Waals surface area (Å²) >= 11 is 6.32. The lowest BCUT2D eigenvalue weighted by Gasteiger charge is -2.23. The van der Waals surface area contributed by atoms with E-state index in [4.69, 9.17) is 22.1 Å². The highest BCUT2D eigenvalue weighted by Gasteiger charge is 2.41. The second kappa shape index (κ2) is 9.76.